The van der Waals surface area contributed by atoms with Gasteiger partial charge in [-0.3, -0.25) is 0 Å². The summed E-state index contributed by atoms with van der Waals surface area (Å²) in [5.74, 6) is -0.674. The summed E-state index contributed by atoms with van der Waals surface area (Å²) >= 11 is 0. The van der Waals surface area contributed by atoms with Crippen molar-refractivity contribution in [3.05, 3.63) is 25.0 Å². The smallest absolute Gasteiger partial charge is 0.377 e. The molecule has 0 radical (unpaired) electrons. The minimum absolute atomic E-state index is 0.674. The molecule has 0 atom stereocenters. The molecule has 0 rings (SSSR count). The van der Waals surface area contributed by atoms with E-state index in [0.717, 1.165) is 6.08 Å². The molecule has 0 aromatic heterocycles. The van der Waals surface area contributed by atoms with E-state index in [1.54, 1.807) is 0 Å². The molecule has 0 bridgehead atoms. The summed E-state index contributed by atoms with van der Waals surface area (Å²) in [6, 6.07) is 0. The number of allylic oxidation sites excluding steroid dienone is 1. The zero-order chi connectivity index (χ0) is 9.99. The van der Waals surface area contributed by atoms with Crippen LogP contribution in [0.4, 0.5) is 13.2 Å². The second-order valence-corrected chi connectivity index (χ2v) is 3.19. The second kappa shape index (κ2) is 3.18. The second-order valence-electron chi connectivity index (χ2n) is 1.65. The topological polar surface area (TPSA) is 43.4 Å². The van der Waals surface area contributed by atoms with Crippen molar-refractivity contribution >= 4 is 10.1 Å². The molecule has 12 heavy (non-hydrogen) atoms. The number of rotatable bonds is 3. The van der Waals surface area contributed by atoms with Gasteiger partial charge in [0, 0.05) is 0 Å². The minimum Gasteiger partial charge on any atom is -0.377 e. The van der Waals surface area contributed by atoms with E-state index in [-0.39, 0.29) is 0 Å². The van der Waals surface area contributed by atoms with Gasteiger partial charge in [-0.2, -0.15) is 21.6 Å². The molecular formula is C5H5F3O3S. The van der Waals surface area contributed by atoms with Crippen molar-refractivity contribution in [2.45, 2.75) is 5.51 Å². The normalized spacial score (nSPS) is 12.2. The lowest BCUT2D eigenvalue weighted by Crippen LogP contribution is -2.24. The molecule has 0 aromatic rings. The van der Waals surface area contributed by atoms with Crippen LogP contribution in [0, 0.1) is 0 Å². The summed E-state index contributed by atoms with van der Waals surface area (Å²) in [5.41, 5.74) is -5.43. The fraction of sp³-hybridized carbons (Fsp3) is 0.200. The molecule has 0 amide bonds. The Balaban J connectivity index is 4.69. The third-order valence-corrected chi connectivity index (χ3v) is 1.73. The van der Waals surface area contributed by atoms with Gasteiger partial charge in [-0.15, -0.1) is 0 Å². The third kappa shape index (κ3) is 2.57. The standard InChI is InChI=1S/C5H5F3O3S/c1-3-4(2)11-12(9,10)5(6,7)8/h3H,1-2H2. The van der Waals surface area contributed by atoms with Crippen LogP contribution in [0.2, 0.25) is 0 Å². The van der Waals surface area contributed by atoms with E-state index in [1.807, 2.05) is 0 Å². The van der Waals surface area contributed by atoms with Crippen LogP contribution >= 0.6 is 0 Å². The third-order valence-electron chi connectivity index (χ3n) is 0.728. The highest BCUT2D eigenvalue weighted by atomic mass is 32.2. The highest BCUT2D eigenvalue weighted by Gasteiger charge is 2.48. The van der Waals surface area contributed by atoms with Crippen LogP contribution in [0.3, 0.4) is 0 Å². The largest absolute Gasteiger partial charge is 0.534 e. The molecule has 0 aromatic carbocycles. The van der Waals surface area contributed by atoms with Gasteiger partial charge in [0.15, 0.2) is 0 Å². The molecular weight excluding hydrogens is 197 g/mol. The Kier molecular flexibility index (Phi) is 2.92. The van der Waals surface area contributed by atoms with Crippen molar-refractivity contribution in [1.82, 2.24) is 0 Å². The molecule has 70 valence electrons. The first-order valence-corrected chi connectivity index (χ1v) is 3.93. The van der Waals surface area contributed by atoms with E-state index >= 15 is 0 Å². The van der Waals surface area contributed by atoms with Crippen LogP contribution in [0.25, 0.3) is 0 Å². The zero-order valence-corrected chi connectivity index (χ0v) is 6.57. The lowest BCUT2D eigenvalue weighted by molar-refractivity contribution is -0.0519. The molecule has 7 heteroatoms. The van der Waals surface area contributed by atoms with Crippen LogP contribution in [-0.2, 0) is 14.3 Å². The molecule has 0 heterocycles. The first-order valence-electron chi connectivity index (χ1n) is 2.53. The summed E-state index contributed by atoms with van der Waals surface area (Å²) in [4.78, 5) is 0. The molecule has 0 unspecified atom stereocenters. The van der Waals surface area contributed by atoms with E-state index in [2.05, 4.69) is 17.3 Å². The predicted molar refractivity (Wildman–Crippen MR) is 35.4 cm³/mol. The fourth-order valence-electron chi connectivity index (χ4n) is 0.222. The molecule has 0 aliphatic rings. The fourth-order valence-corrected chi connectivity index (χ4v) is 0.667. The lowest BCUT2D eigenvalue weighted by atomic mass is 10.6. The lowest BCUT2D eigenvalue weighted by Gasteiger charge is -2.08. The summed E-state index contributed by atoms with van der Waals surface area (Å²) in [7, 11) is -5.58. The average Bonchev–Trinajstić information content (AvgIpc) is 1.84. The number of hydrogen-bond donors (Lipinski definition) is 0. The average molecular weight is 202 g/mol. The maximum Gasteiger partial charge on any atom is 0.534 e. The van der Waals surface area contributed by atoms with Gasteiger partial charge < -0.3 is 4.18 Å². The van der Waals surface area contributed by atoms with Crippen LogP contribution in [0.15, 0.2) is 25.0 Å². The van der Waals surface area contributed by atoms with Crippen molar-refractivity contribution in [2.24, 2.45) is 0 Å². The SMILES string of the molecule is C=CC(=C)OS(=O)(=O)C(F)(F)F. The Morgan fingerprint density at radius 3 is 2.08 bits per heavy atom. The molecule has 0 spiro atoms. The van der Waals surface area contributed by atoms with Crippen molar-refractivity contribution in [2.75, 3.05) is 0 Å². The first-order chi connectivity index (χ1) is 5.20. The summed E-state index contributed by atoms with van der Waals surface area (Å²) in [6.07, 6.45) is 0.753. The van der Waals surface area contributed by atoms with E-state index in [0.29, 0.717) is 0 Å². The van der Waals surface area contributed by atoms with E-state index in [9.17, 15) is 21.6 Å². The van der Waals surface area contributed by atoms with E-state index in [1.165, 1.54) is 0 Å². The molecule has 0 aliphatic heterocycles. The molecule has 0 saturated heterocycles. The molecule has 3 nitrogen and oxygen atoms in total. The number of hydrogen-bond acceptors (Lipinski definition) is 3. The van der Waals surface area contributed by atoms with Crippen molar-refractivity contribution < 1.29 is 25.8 Å². The Labute approximate surface area is 67.3 Å². The Hall–Kier alpha value is -0.980. The van der Waals surface area contributed by atoms with Crippen LogP contribution in [-0.4, -0.2) is 13.9 Å². The summed E-state index contributed by atoms with van der Waals surface area (Å²) < 4.78 is 58.4. The number of alkyl halides is 3. The summed E-state index contributed by atoms with van der Waals surface area (Å²) in [5, 5.41) is 0. The quantitative estimate of drug-likeness (QED) is 0.302. The van der Waals surface area contributed by atoms with Gasteiger partial charge in [0.05, 0.1) is 0 Å². The summed E-state index contributed by atoms with van der Waals surface area (Å²) in [6.45, 7) is 5.82. The molecule has 0 aliphatic carbocycles. The zero-order valence-electron chi connectivity index (χ0n) is 5.76. The predicted octanol–water partition coefficient (Wildman–Crippen LogP) is 1.55. The van der Waals surface area contributed by atoms with Crippen LogP contribution in [0.5, 0.6) is 0 Å². The van der Waals surface area contributed by atoms with Gasteiger partial charge in [-0.05, 0) is 6.08 Å². The van der Waals surface area contributed by atoms with E-state index < -0.39 is 21.4 Å². The van der Waals surface area contributed by atoms with Crippen LogP contribution < -0.4 is 0 Å². The maximum absolute atomic E-state index is 11.5. The highest BCUT2D eigenvalue weighted by Crippen LogP contribution is 2.26. The Bertz CT molecular complexity index is 288. The monoisotopic (exact) mass is 202 g/mol. The maximum atomic E-state index is 11.5. The first kappa shape index (κ1) is 11.0. The van der Waals surface area contributed by atoms with Gasteiger partial charge in [0.2, 0.25) is 0 Å². The Morgan fingerprint density at radius 2 is 1.83 bits per heavy atom. The van der Waals surface area contributed by atoms with Gasteiger partial charge in [-0.25, -0.2) is 0 Å². The van der Waals surface area contributed by atoms with Crippen molar-refractivity contribution in [1.29, 1.82) is 0 Å². The van der Waals surface area contributed by atoms with Crippen LogP contribution in [0.1, 0.15) is 0 Å². The van der Waals surface area contributed by atoms with Gasteiger partial charge >= 0.3 is 15.6 Å². The minimum atomic E-state index is -5.58. The molecule has 0 saturated carbocycles. The Morgan fingerprint density at radius 1 is 1.42 bits per heavy atom. The van der Waals surface area contributed by atoms with Crippen molar-refractivity contribution in [3.63, 3.8) is 0 Å². The number of halogens is 3. The molecule has 0 fully saturated rings. The molecule has 0 N–H and O–H groups in total. The van der Waals surface area contributed by atoms with E-state index in [4.69, 9.17) is 0 Å². The highest BCUT2D eigenvalue weighted by molar-refractivity contribution is 7.87. The van der Waals surface area contributed by atoms with Gasteiger partial charge in [0.25, 0.3) is 0 Å². The van der Waals surface area contributed by atoms with Crippen molar-refractivity contribution in [3.8, 4) is 0 Å². The van der Waals surface area contributed by atoms with Gasteiger partial charge in [-0.1, -0.05) is 13.2 Å². The van der Waals surface area contributed by atoms with Gasteiger partial charge in [0.1, 0.15) is 5.76 Å².